The second kappa shape index (κ2) is 7.96. The minimum atomic E-state index is -0.777. The highest BCUT2D eigenvalue weighted by Crippen LogP contribution is 2.36. The van der Waals surface area contributed by atoms with E-state index in [4.69, 9.17) is 20.8 Å². The highest BCUT2D eigenvalue weighted by molar-refractivity contribution is 6.30. The van der Waals surface area contributed by atoms with Gasteiger partial charge in [0.25, 0.3) is 5.91 Å². The molecule has 0 spiro atoms. The molecule has 0 bridgehead atoms. The molecule has 6 heteroatoms. The van der Waals surface area contributed by atoms with Crippen LogP contribution < -0.4 is 0 Å². The summed E-state index contributed by atoms with van der Waals surface area (Å²) in [5.74, 6) is -0.182. The van der Waals surface area contributed by atoms with Crippen LogP contribution in [0, 0.1) is 5.41 Å². The van der Waals surface area contributed by atoms with Crippen molar-refractivity contribution < 1.29 is 18.7 Å². The molecule has 1 aromatic heterocycles. The van der Waals surface area contributed by atoms with E-state index in [0.717, 1.165) is 12.0 Å². The predicted molar refractivity (Wildman–Crippen MR) is 98.1 cm³/mol. The first-order chi connectivity index (χ1) is 12.5. The van der Waals surface area contributed by atoms with E-state index < -0.39 is 5.41 Å². The van der Waals surface area contributed by atoms with E-state index in [1.54, 1.807) is 30.0 Å². The third-order valence-corrected chi connectivity index (χ3v) is 4.97. The Labute approximate surface area is 157 Å². The summed E-state index contributed by atoms with van der Waals surface area (Å²) >= 11 is 6.10. The Kier molecular flexibility index (Phi) is 5.67. The zero-order chi connectivity index (χ0) is 18.6. The van der Waals surface area contributed by atoms with Crippen LogP contribution in [0.2, 0.25) is 5.02 Å². The Balaban J connectivity index is 1.87. The van der Waals surface area contributed by atoms with Gasteiger partial charge in [-0.2, -0.15) is 0 Å². The number of carbonyl (C=O) groups excluding carboxylic acids is 2. The monoisotopic (exact) mass is 375 g/mol. The van der Waals surface area contributed by atoms with Gasteiger partial charge in [-0.1, -0.05) is 23.7 Å². The highest BCUT2D eigenvalue weighted by atomic mass is 35.5. The summed E-state index contributed by atoms with van der Waals surface area (Å²) in [5.41, 5.74) is 0.180. The van der Waals surface area contributed by atoms with Crippen LogP contribution in [0.15, 0.2) is 47.1 Å². The summed E-state index contributed by atoms with van der Waals surface area (Å²) in [5, 5.41) is 0.626. The summed E-state index contributed by atoms with van der Waals surface area (Å²) in [4.78, 5) is 27.2. The van der Waals surface area contributed by atoms with Crippen molar-refractivity contribution >= 4 is 23.5 Å². The lowest BCUT2D eigenvalue weighted by molar-refractivity contribution is -0.158. The maximum atomic E-state index is 12.8. The molecule has 0 unspecified atom stereocenters. The van der Waals surface area contributed by atoms with Crippen molar-refractivity contribution in [1.29, 1.82) is 0 Å². The average Bonchev–Trinajstić information content (AvgIpc) is 3.16. The molecule has 5 nitrogen and oxygen atoms in total. The Morgan fingerprint density at radius 2 is 2.15 bits per heavy atom. The van der Waals surface area contributed by atoms with Gasteiger partial charge in [0.1, 0.15) is 0 Å². The lowest BCUT2D eigenvalue weighted by Crippen LogP contribution is -2.51. The maximum absolute atomic E-state index is 12.8. The number of likely N-dealkylation sites (tertiary alicyclic amines) is 1. The second-order valence-electron chi connectivity index (χ2n) is 6.62. The number of halogens is 1. The zero-order valence-corrected chi connectivity index (χ0v) is 15.5. The molecule has 0 aliphatic carbocycles. The minimum Gasteiger partial charge on any atom is -0.466 e. The smallest absolute Gasteiger partial charge is 0.314 e. The Bertz CT molecular complexity index is 774. The fourth-order valence-corrected chi connectivity index (χ4v) is 3.78. The van der Waals surface area contributed by atoms with Crippen LogP contribution in [0.1, 0.15) is 35.9 Å². The molecule has 138 valence electrons. The Morgan fingerprint density at radius 3 is 2.85 bits per heavy atom. The summed E-state index contributed by atoms with van der Waals surface area (Å²) in [6.45, 7) is 3.00. The molecule has 2 aromatic rings. The maximum Gasteiger partial charge on any atom is 0.314 e. The molecule has 1 aliphatic rings. The van der Waals surface area contributed by atoms with Crippen LogP contribution >= 0.6 is 11.6 Å². The molecule has 1 aromatic carbocycles. The van der Waals surface area contributed by atoms with E-state index in [0.29, 0.717) is 37.6 Å². The highest BCUT2D eigenvalue weighted by Gasteiger charge is 2.45. The number of esters is 1. The number of nitrogens with zero attached hydrogens (tertiary/aromatic N) is 1. The standard InChI is InChI=1S/C20H22ClNO4/c1-2-25-19(24)20(13-15-6-3-7-16(21)12-15)9-5-10-22(14-20)18(23)17-8-4-11-26-17/h3-4,6-8,11-12H,2,5,9-10,13-14H2,1H3/t20-/m0/s1. The number of rotatable bonds is 5. The lowest BCUT2D eigenvalue weighted by atomic mass is 9.75. The van der Waals surface area contributed by atoms with Gasteiger partial charge < -0.3 is 14.1 Å². The molecule has 0 N–H and O–H groups in total. The average molecular weight is 376 g/mol. The first kappa shape index (κ1) is 18.5. The van der Waals surface area contributed by atoms with Crippen LogP contribution in [0.25, 0.3) is 0 Å². The Morgan fingerprint density at radius 1 is 1.31 bits per heavy atom. The molecule has 26 heavy (non-hydrogen) atoms. The molecule has 0 radical (unpaired) electrons. The SMILES string of the molecule is CCOC(=O)[C@]1(Cc2cccc(Cl)c2)CCCN(C(=O)c2ccco2)C1. The number of carbonyl (C=O) groups is 2. The number of hydrogen-bond acceptors (Lipinski definition) is 4. The van der Waals surface area contributed by atoms with E-state index in [9.17, 15) is 9.59 Å². The van der Waals surface area contributed by atoms with Crippen LogP contribution in [0.5, 0.6) is 0 Å². The number of ether oxygens (including phenoxy) is 1. The van der Waals surface area contributed by atoms with E-state index in [2.05, 4.69) is 0 Å². The van der Waals surface area contributed by atoms with Gasteiger partial charge >= 0.3 is 5.97 Å². The van der Waals surface area contributed by atoms with Gasteiger partial charge in [-0.3, -0.25) is 9.59 Å². The molecule has 2 heterocycles. The van der Waals surface area contributed by atoms with Crippen molar-refractivity contribution in [3.8, 4) is 0 Å². The van der Waals surface area contributed by atoms with Gasteiger partial charge in [-0.05, 0) is 56.0 Å². The van der Waals surface area contributed by atoms with Crippen molar-refractivity contribution in [3.05, 3.63) is 59.0 Å². The lowest BCUT2D eigenvalue weighted by Gasteiger charge is -2.40. The number of piperidine rings is 1. The Hall–Kier alpha value is -2.27. The van der Waals surface area contributed by atoms with Gasteiger partial charge in [-0.25, -0.2) is 0 Å². The summed E-state index contributed by atoms with van der Waals surface area (Å²) in [6, 6.07) is 10.8. The quantitative estimate of drug-likeness (QED) is 0.742. The molecule has 1 saturated heterocycles. The fraction of sp³-hybridized carbons (Fsp3) is 0.400. The normalized spacial score (nSPS) is 20.0. The molecule has 1 aliphatic heterocycles. The van der Waals surface area contributed by atoms with E-state index in [-0.39, 0.29) is 17.6 Å². The van der Waals surface area contributed by atoms with Crippen LogP contribution in [0.3, 0.4) is 0 Å². The van der Waals surface area contributed by atoms with Crippen LogP contribution in [0.4, 0.5) is 0 Å². The molecular formula is C20H22ClNO4. The zero-order valence-electron chi connectivity index (χ0n) is 14.7. The van der Waals surface area contributed by atoms with E-state index >= 15 is 0 Å². The number of benzene rings is 1. The third kappa shape index (κ3) is 3.93. The van der Waals surface area contributed by atoms with Gasteiger partial charge in [0.2, 0.25) is 0 Å². The number of amides is 1. The van der Waals surface area contributed by atoms with Gasteiger partial charge in [0.05, 0.1) is 18.3 Å². The molecule has 0 saturated carbocycles. The number of furan rings is 1. The first-order valence-corrected chi connectivity index (χ1v) is 9.16. The van der Waals surface area contributed by atoms with E-state index in [1.807, 2.05) is 18.2 Å². The molecule has 1 fully saturated rings. The number of hydrogen-bond donors (Lipinski definition) is 0. The third-order valence-electron chi connectivity index (χ3n) is 4.74. The van der Waals surface area contributed by atoms with Crippen LogP contribution in [-0.2, 0) is 16.0 Å². The molecule has 3 rings (SSSR count). The molecule has 1 amide bonds. The summed E-state index contributed by atoms with van der Waals surface area (Å²) in [6.07, 6.45) is 3.35. The summed E-state index contributed by atoms with van der Waals surface area (Å²) in [7, 11) is 0. The van der Waals surface area contributed by atoms with Gasteiger partial charge in [0.15, 0.2) is 5.76 Å². The van der Waals surface area contributed by atoms with Crippen molar-refractivity contribution in [3.63, 3.8) is 0 Å². The summed E-state index contributed by atoms with van der Waals surface area (Å²) < 4.78 is 10.6. The minimum absolute atomic E-state index is 0.200. The topological polar surface area (TPSA) is 59.8 Å². The van der Waals surface area contributed by atoms with Crippen molar-refractivity contribution in [2.24, 2.45) is 5.41 Å². The first-order valence-electron chi connectivity index (χ1n) is 8.78. The van der Waals surface area contributed by atoms with Crippen molar-refractivity contribution in [2.45, 2.75) is 26.2 Å². The molecule has 1 atom stereocenters. The van der Waals surface area contributed by atoms with Crippen molar-refractivity contribution in [1.82, 2.24) is 4.90 Å². The van der Waals surface area contributed by atoms with Gasteiger partial charge in [-0.15, -0.1) is 0 Å². The largest absolute Gasteiger partial charge is 0.466 e. The molecular weight excluding hydrogens is 354 g/mol. The van der Waals surface area contributed by atoms with Crippen molar-refractivity contribution in [2.75, 3.05) is 19.7 Å². The second-order valence-corrected chi connectivity index (χ2v) is 7.05. The predicted octanol–water partition coefficient (Wildman–Crippen LogP) is 3.96. The fourth-order valence-electron chi connectivity index (χ4n) is 3.57. The van der Waals surface area contributed by atoms with Gasteiger partial charge in [0, 0.05) is 18.1 Å². The van der Waals surface area contributed by atoms with Crippen LogP contribution in [-0.4, -0.2) is 36.5 Å². The van der Waals surface area contributed by atoms with E-state index in [1.165, 1.54) is 6.26 Å².